The van der Waals surface area contributed by atoms with E-state index in [-0.39, 0.29) is 24.2 Å². The molecule has 0 saturated heterocycles. The van der Waals surface area contributed by atoms with Crippen molar-refractivity contribution in [2.45, 2.75) is 26.7 Å². The molecule has 0 bridgehead atoms. The standard InChI is InChI=1S/C19H18ClFN2O2S/c1-10(2)13-8-14(20)11(3)6-16(13)25-9-18(24)23-19-22-15-5-4-12(21)7-17(15)26-19/h4-8,10H,9H2,1-3H3,(H,22,23,24). The minimum Gasteiger partial charge on any atom is -0.483 e. The molecule has 1 amide bonds. The van der Waals surface area contributed by atoms with Crippen molar-refractivity contribution in [1.29, 1.82) is 0 Å². The van der Waals surface area contributed by atoms with E-state index in [1.165, 1.54) is 23.5 Å². The SMILES string of the molecule is Cc1cc(OCC(=O)Nc2nc3ccc(F)cc3s2)c(C(C)C)cc1Cl. The Kier molecular flexibility index (Phi) is 5.44. The summed E-state index contributed by atoms with van der Waals surface area (Å²) in [6.45, 7) is 5.81. The molecule has 1 aromatic heterocycles. The van der Waals surface area contributed by atoms with Crippen molar-refractivity contribution in [3.8, 4) is 5.75 Å². The second kappa shape index (κ2) is 7.60. The Morgan fingerprint density at radius 3 is 2.85 bits per heavy atom. The topological polar surface area (TPSA) is 51.2 Å². The Morgan fingerprint density at radius 2 is 2.12 bits per heavy atom. The van der Waals surface area contributed by atoms with Crippen molar-refractivity contribution in [2.24, 2.45) is 0 Å². The first-order valence-electron chi connectivity index (χ1n) is 8.12. The number of anilines is 1. The van der Waals surface area contributed by atoms with E-state index in [2.05, 4.69) is 10.3 Å². The van der Waals surface area contributed by atoms with E-state index >= 15 is 0 Å². The Bertz CT molecular complexity index is 972. The summed E-state index contributed by atoms with van der Waals surface area (Å²) in [6, 6.07) is 8.03. The van der Waals surface area contributed by atoms with Crippen LogP contribution in [0.1, 0.15) is 30.9 Å². The smallest absolute Gasteiger partial charge is 0.264 e. The average Bonchev–Trinajstić information content (AvgIpc) is 2.96. The zero-order valence-electron chi connectivity index (χ0n) is 14.6. The number of ether oxygens (including phenoxy) is 1. The molecule has 7 heteroatoms. The van der Waals surface area contributed by atoms with Crippen LogP contribution in [0, 0.1) is 12.7 Å². The summed E-state index contributed by atoms with van der Waals surface area (Å²) in [5.74, 6) is 0.197. The molecule has 3 aromatic rings. The average molecular weight is 393 g/mol. The Labute approximate surface area is 160 Å². The molecule has 0 aliphatic rings. The maximum Gasteiger partial charge on any atom is 0.264 e. The lowest BCUT2D eigenvalue weighted by Gasteiger charge is -2.15. The minimum atomic E-state index is -0.332. The zero-order chi connectivity index (χ0) is 18.8. The van der Waals surface area contributed by atoms with Gasteiger partial charge in [-0.3, -0.25) is 10.1 Å². The largest absolute Gasteiger partial charge is 0.483 e. The lowest BCUT2D eigenvalue weighted by molar-refractivity contribution is -0.118. The van der Waals surface area contributed by atoms with Crippen LogP contribution in [0.2, 0.25) is 5.02 Å². The maximum atomic E-state index is 13.2. The number of hydrogen-bond donors (Lipinski definition) is 1. The summed E-state index contributed by atoms with van der Waals surface area (Å²) in [5, 5.41) is 3.78. The van der Waals surface area contributed by atoms with Gasteiger partial charge in [-0.05, 0) is 54.3 Å². The molecular formula is C19H18ClFN2O2S. The predicted molar refractivity (Wildman–Crippen MR) is 104 cm³/mol. The van der Waals surface area contributed by atoms with Crippen LogP contribution in [0.5, 0.6) is 5.75 Å². The van der Waals surface area contributed by atoms with Gasteiger partial charge in [0.15, 0.2) is 11.7 Å². The van der Waals surface area contributed by atoms with Gasteiger partial charge in [0.05, 0.1) is 10.2 Å². The highest BCUT2D eigenvalue weighted by Crippen LogP contribution is 2.32. The summed E-state index contributed by atoms with van der Waals surface area (Å²) in [4.78, 5) is 16.5. The molecule has 0 unspecified atom stereocenters. The van der Waals surface area contributed by atoms with Gasteiger partial charge in [0.2, 0.25) is 0 Å². The fourth-order valence-electron chi connectivity index (χ4n) is 2.50. The third-order valence-electron chi connectivity index (χ3n) is 3.87. The van der Waals surface area contributed by atoms with Gasteiger partial charge in [-0.1, -0.05) is 36.8 Å². The number of carbonyl (C=O) groups excluding carboxylic acids is 1. The van der Waals surface area contributed by atoms with Crippen molar-refractivity contribution in [2.75, 3.05) is 11.9 Å². The molecule has 0 fully saturated rings. The van der Waals surface area contributed by atoms with Gasteiger partial charge < -0.3 is 4.74 Å². The lowest BCUT2D eigenvalue weighted by atomic mass is 10.0. The van der Waals surface area contributed by atoms with Crippen LogP contribution in [-0.4, -0.2) is 17.5 Å². The van der Waals surface area contributed by atoms with Gasteiger partial charge in [-0.25, -0.2) is 9.37 Å². The zero-order valence-corrected chi connectivity index (χ0v) is 16.2. The first kappa shape index (κ1) is 18.6. The van der Waals surface area contributed by atoms with Crippen LogP contribution in [-0.2, 0) is 4.79 Å². The van der Waals surface area contributed by atoms with E-state index in [4.69, 9.17) is 16.3 Å². The molecule has 0 radical (unpaired) electrons. The molecule has 0 aliphatic carbocycles. The van der Waals surface area contributed by atoms with Crippen molar-refractivity contribution in [3.05, 3.63) is 52.3 Å². The number of nitrogens with one attached hydrogen (secondary N) is 1. The number of aryl methyl sites for hydroxylation is 1. The Hall–Kier alpha value is -2.18. The highest BCUT2D eigenvalue weighted by Gasteiger charge is 2.14. The molecule has 1 heterocycles. The highest BCUT2D eigenvalue weighted by molar-refractivity contribution is 7.22. The van der Waals surface area contributed by atoms with Gasteiger partial charge in [0.25, 0.3) is 5.91 Å². The number of carbonyl (C=O) groups is 1. The van der Waals surface area contributed by atoms with Crippen LogP contribution in [0.3, 0.4) is 0 Å². The molecule has 1 N–H and O–H groups in total. The van der Waals surface area contributed by atoms with Gasteiger partial charge in [-0.15, -0.1) is 0 Å². The molecule has 0 atom stereocenters. The monoisotopic (exact) mass is 392 g/mol. The second-order valence-electron chi connectivity index (χ2n) is 6.26. The summed E-state index contributed by atoms with van der Waals surface area (Å²) in [5.41, 5.74) is 2.48. The molecule has 2 aromatic carbocycles. The first-order chi connectivity index (χ1) is 12.3. The number of amides is 1. The van der Waals surface area contributed by atoms with E-state index in [0.29, 0.717) is 26.1 Å². The van der Waals surface area contributed by atoms with Crippen LogP contribution < -0.4 is 10.1 Å². The fourth-order valence-corrected chi connectivity index (χ4v) is 3.58. The third-order valence-corrected chi connectivity index (χ3v) is 5.21. The number of fused-ring (bicyclic) bond motifs is 1. The predicted octanol–water partition coefficient (Wildman–Crippen LogP) is 5.54. The molecular weight excluding hydrogens is 375 g/mol. The van der Waals surface area contributed by atoms with E-state index in [9.17, 15) is 9.18 Å². The summed E-state index contributed by atoms with van der Waals surface area (Å²) in [7, 11) is 0. The van der Waals surface area contributed by atoms with E-state index < -0.39 is 0 Å². The minimum absolute atomic E-state index is 0.148. The molecule has 136 valence electrons. The Balaban J connectivity index is 1.69. The normalized spacial score (nSPS) is 11.2. The highest BCUT2D eigenvalue weighted by atomic mass is 35.5. The summed E-state index contributed by atoms with van der Waals surface area (Å²) in [6.07, 6.45) is 0. The summed E-state index contributed by atoms with van der Waals surface area (Å²) >= 11 is 7.40. The number of nitrogens with zero attached hydrogens (tertiary/aromatic N) is 1. The number of benzene rings is 2. The molecule has 4 nitrogen and oxygen atoms in total. The number of halogens is 2. The molecule has 3 rings (SSSR count). The quantitative estimate of drug-likeness (QED) is 0.620. The molecule has 26 heavy (non-hydrogen) atoms. The molecule has 0 saturated carbocycles. The van der Waals surface area contributed by atoms with Crippen molar-refractivity contribution in [3.63, 3.8) is 0 Å². The maximum absolute atomic E-state index is 13.2. The van der Waals surface area contributed by atoms with Gasteiger partial charge in [0, 0.05) is 5.02 Å². The number of aromatic nitrogens is 1. The molecule has 0 spiro atoms. The second-order valence-corrected chi connectivity index (χ2v) is 7.70. The van der Waals surface area contributed by atoms with Gasteiger partial charge in [-0.2, -0.15) is 0 Å². The van der Waals surface area contributed by atoms with Crippen LogP contribution >= 0.6 is 22.9 Å². The summed E-state index contributed by atoms with van der Waals surface area (Å²) < 4.78 is 19.6. The van der Waals surface area contributed by atoms with Gasteiger partial charge >= 0.3 is 0 Å². The van der Waals surface area contributed by atoms with E-state index in [0.717, 1.165) is 11.1 Å². The van der Waals surface area contributed by atoms with Crippen LogP contribution in [0.4, 0.5) is 9.52 Å². The van der Waals surface area contributed by atoms with Crippen molar-refractivity contribution >= 4 is 44.2 Å². The fraction of sp³-hybridized carbons (Fsp3) is 0.263. The van der Waals surface area contributed by atoms with Crippen molar-refractivity contribution in [1.82, 2.24) is 4.98 Å². The van der Waals surface area contributed by atoms with Crippen LogP contribution in [0.15, 0.2) is 30.3 Å². The van der Waals surface area contributed by atoms with E-state index in [1.807, 2.05) is 32.9 Å². The lowest BCUT2D eigenvalue weighted by Crippen LogP contribution is -2.20. The van der Waals surface area contributed by atoms with Crippen molar-refractivity contribution < 1.29 is 13.9 Å². The van der Waals surface area contributed by atoms with Crippen LogP contribution in [0.25, 0.3) is 10.2 Å². The first-order valence-corrected chi connectivity index (χ1v) is 9.31. The van der Waals surface area contributed by atoms with E-state index in [1.54, 1.807) is 6.07 Å². The Morgan fingerprint density at radius 1 is 1.35 bits per heavy atom. The third kappa shape index (κ3) is 4.14. The number of thiazole rings is 1. The molecule has 0 aliphatic heterocycles. The van der Waals surface area contributed by atoms with Gasteiger partial charge in [0.1, 0.15) is 11.6 Å². The number of rotatable bonds is 5. The number of hydrogen-bond acceptors (Lipinski definition) is 4.